The Morgan fingerprint density at radius 2 is 1.77 bits per heavy atom. The van der Waals surface area contributed by atoms with E-state index in [0.717, 1.165) is 12.3 Å². The molecule has 76 valence electrons. The van der Waals surface area contributed by atoms with Gasteiger partial charge in [-0.25, -0.2) is 0 Å². The van der Waals surface area contributed by atoms with Gasteiger partial charge in [-0.15, -0.1) is 0 Å². The number of aliphatic hydroxyl groups is 1. The van der Waals surface area contributed by atoms with Gasteiger partial charge in [-0.3, -0.25) is 0 Å². The predicted molar refractivity (Wildman–Crippen MR) is 54.5 cm³/mol. The van der Waals surface area contributed by atoms with Crippen molar-refractivity contribution in [3.8, 4) is 0 Å². The molecule has 0 unspecified atom stereocenters. The van der Waals surface area contributed by atoms with Gasteiger partial charge in [0, 0.05) is 0 Å². The zero-order valence-corrected chi connectivity index (χ0v) is 9.14. The fourth-order valence-corrected chi connectivity index (χ4v) is 2.80. The van der Waals surface area contributed by atoms with Crippen LogP contribution in [0.2, 0.25) is 0 Å². The minimum atomic E-state index is 0.00507. The van der Waals surface area contributed by atoms with Gasteiger partial charge in [-0.2, -0.15) is 0 Å². The fraction of sp³-hybridized carbons (Fsp3) is 1.00. The summed E-state index contributed by atoms with van der Waals surface area (Å²) in [5.74, 6) is 0.730. The number of rotatable bonds is 0. The maximum absolute atomic E-state index is 10.0. The SMILES string of the molecule is CC(C)(C)[C@@H]1CCC2(CC2)[C@@H](O)C1. The Kier molecular flexibility index (Phi) is 1.99. The van der Waals surface area contributed by atoms with Crippen molar-refractivity contribution in [3.63, 3.8) is 0 Å². The van der Waals surface area contributed by atoms with Crippen LogP contribution in [0.25, 0.3) is 0 Å². The first kappa shape index (κ1) is 9.51. The Balaban J connectivity index is 1.99. The molecule has 0 heterocycles. The van der Waals surface area contributed by atoms with Crippen LogP contribution in [-0.2, 0) is 0 Å². The molecule has 2 aliphatic rings. The highest BCUT2D eigenvalue weighted by Gasteiger charge is 2.52. The number of hydrogen-bond acceptors (Lipinski definition) is 1. The molecule has 0 radical (unpaired) electrons. The van der Waals surface area contributed by atoms with Crippen molar-refractivity contribution >= 4 is 0 Å². The van der Waals surface area contributed by atoms with Crippen molar-refractivity contribution in [1.29, 1.82) is 0 Å². The molecule has 0 aromatic rings. The van der Waals surface area contributed by atoms with Crippen LogP contribution in [0.3, 0.4) is 0 Å². The average molecular weight is 182 g/mol. The first-order valence-corrected chi connectivity index (χ1v) is 5.62. The standard InChI is InChI=1S/C12H22O/c1-11(2,3)9-4-5-12(6-7-12)10(13)8-9/h9-10,13H,4-8H2,1-3H3/t9-,10+/m1/s1. The fourth-order valence-electron chi connectivity index (χ4n) is 2.80. The highest BCUT2D eigenvalue weighted by molar-refractivity contribution is 5.03. The zero-order chi connectivity index (χ0) is 9.69. The van der Waals surface area contributed by atoms with Crippen LogP contribution in [0.5, 0.6) is 0 Å². The van der Waals surface area contributed by atoms with Crippen LogP contribution in [0, 0.1) is 16.7 Å². The summed E-state index contributed by atoms with van der Waals surface area (Å²) in [6.07, 6.45) is 6.22. The van der Waals surface area contributed by atoms with Gasteiger partial charge in [0.1, 0.15) is 0 Å². The number of aliphatic hydroxyl groups excluding tert-OH is 1. The Hall–Kier alpha value is -0.0400. The van der Waals surface area contributed by atoms with E-state index < -0.39 is 0 Å². The van der Waals surface area contributed by atoms with Crippen LogP contribution in [-0.4, -0.2) is 11.2 Å². The van der Waals surface area contributed by atoms with Gasteiger partial charge < -0.3 is 5.11 Å². The van der Waals surface area contributed by atoms with Gasteiger partial charge in [0.05, 0.1) is 6.10 Å². The van der Waals surface area contributed by atoms with Crippen molar-refractivity contribution in [2.45, 2.75) is 59.0 Å². The van der Waals surface area contributed by atoms with E-state index >= 15 is 0 Å². The molecule has 0 aromatic carbocycles. The second kappa shape index (κ2) is 2.73. The summed E-state index contributed by atoms with van der Waals surface area (Å²) in [6, 6.07) is 0. The molecule has 1 spiro atoms. The third-order valence-corrected chi connectivity index (χ3v) is 4.32. The highest BCUT2D eigenvalue weighted by atomic mass is 16.3. The predicted octanol–water partition coefficient (Wildman–Crippen LogP) is 2.97. The smallest absolute Gasteiger partial charge is 0.0599 e. The lowest BCUT2D eigenvalue weighted by molar-refractivity contribution is 0.000676. The van der Waals surface area contributed by atoms with E-state index in [4.69, 9.17) is 0 Å². The quantitative estimate of drug-likeness (QED) is 0.610. The van der Waals surface area contributed by atoms with Crippen LogP contribution in [0.1, 0.15) is 52.9 Å². The van der Waals surface area contributed by atoms with Gasteiger partial charge in [0.15, 0.2) is 0 Å². The van der Waals surface area contributed by atoms with E-state index in [-0.39, 0.29) is 6.10 Å². The van der Waals surface area contributed by atoms with E-state index in [9.17, 15) is 5.11 Å². The second-order valence-electron chi connectivity index (χ2n) is 6.22. The third-order valence-electron chi connectivity index (χ3n) is 4.32. The van der Waals surface area contributed by atoms with Crippen LogP contribution < -0.4 is 0 Å². The Morgan fingerprint density at radius 3 is 2.15 bits per heavy atom. The van der Waals surface area contributed by atoms with Gasteiger partial charge in [-0.05, 0) is 48.9 Å². The van der Waals surface area contributed by atoms with E-state index in [2.05, 4.69) is 20.8 Å². The maximum Gasteiger partial charge on any atom is 0.0599 e. The summed E-state index contributed by atoms with van der Waals surface area (Å²) in [4.78, 5) is 0. The molecule has 1 heteroatoms. The van der Waals surface area contributed by atoms with E-state index in [1.165, 1.54) is 25.7 Å². The molecule has 2 aliphatic carbocycles. The molecule has 2 fully saturated rings. The van der Waals surface area contributed by atoms with Gasteiger partial charge in [0.25, 0.3) is 0 Å². The molecule has 1 N–H and O–H groups in total. The summed E-state index contributed by atoms with van der Waals surface area (Å²) in [5.41, 5.74) is 0.777. The molecule has 2 rings (SSSR count). The molecule has 2 saturated carbocycles. The van der Waals surface area contributed by atoms with E-state index in [0.29, 0.717) is 10.8 Å². The highest BCUT2D eigenvalue weighted by Crippen LogP contribution is 2.58. The van der Waals surface area contributed by atoms with Gasteiger partial charge in [0.2, 0.25) is 0 Å². The van der Waals surface area contributed by atoms with Crippen LogP contribution in [0.15, 0.2) is 0 Å². The lowest BCUT2D eigenvalue weighted by Gasteiger charge is -2.40. The largest absolute Gasteiger partial charge is 0.393 e. The van der Waals surface area contributed by atoms with E-state index in [1.807, 2.05) is 0 Å². The first-order chi connectivity index (χ1) is 5.94. The van der Waals surface area contributed by atoms with Crippen molar-refractivity contribution in [2.75, 3.05) is 0 Å². The monoisotopic (exact) mass is 182 g/mol. The summed E-state index contributed by atoms with van der Waals surface area (Å²) in [5, 5.41) is 10.0. The van der Waals surface area contributed by atoms with E-state index in [1.54, 1.807) is 0 Å². The lowest BCUT2D eigenvalue weighted by atomic mass is 9.67. The molecule has 0 aliphatic heterocycles. The molecular formula is C12H22O. The van der Waals surface area contributed by atoms with Crippen molar-refractivity contribution < 1.29 is 5.11 Å². The summed E-state index contributed by atoms with van der Waals surface area (Å²) >= 11 is 0. The molecular weight excluding hydrogens is 160 g/mol. The zero-order valence-electron chi connectivity index (χ0n) is 9.14. The number of hydrogen-bond donors (Lipinski definition) is 1. The normalized spacial score (nSPS) is 37.8. The molecule has 0 bridgehead atoms. The average Bonchev–Trinajstić information content (AvgIpc) is 2.74. The summed E-state index contributed by atoms with van der Waals surface area (Å²) in [7, 11) is 0. The summed E-state index contributed by atoms with van der Waals surface area (Å²) < 4.78 is 0. The minimum Gasteiger partial charge on any atom is -0.393 e. The van der Waals surface area contributed by atoms with Crippen molar-refractivity contribution in [2.24, 2.45) is 16.7 Å². The maximum atomic E-state index is 10.0. The topological polar surface area (TPSA) is 20.2 Å². The molecule has 2 atom stereocenters. The van der Waals surface area contributed by atoms with Crippen LogP contribution >= 0.6 is 0 Å². The minimum absolute atomic E-state index is 0.00507. The summed E-state index contributed by atoms with van der Waals surface area (Å²) in [6.45, 7) is 6.90. The van der Waals surface area contributed by atoms with Gasteiger partial charge in [-0.1, -0.05) is 20.8 Å². The molecule has 1 nitrogen and oxygen atoms in total. The first-order valence-electron chi connectivity index (χ1n) is 5.62. The lowest BCUT2D eigenvalue weighted by Crippen LogP contribution is -2.36. The Labute approximate surface area is 81.5 Å². The van der Waals surface area contributed by atoms with Crippen molar-refractivity contribution in [1.82, 2.24) is 0 Å². The second-order valence-corrected chi connectivity index (χ2v) is 6.22. The molecule has 13 heavy (non-hydrogen) atoms. The Morgan fingerprint density at radius 1 is 1.15 bits per heavy atom. The van der Waals surface area contributed by atoms with Crippen molar-refractivity contribution in [3.05, 3.63) is 0 Å². The molecule has 0 amide bonds. The third kappa shape index (κ3) is 1.63. The van der Waals surface area contributed by atoms with Crippen LogP contribution in [0.4, 0.5) is 0 Å². The molecule has 0 saturated heterocycles. The Bertz CT molecular complexity index is 198. The van der Waals surface area contributed by atoms with Gasteiger partial charge >= 0.3 is 0 Å². The molecule has 0 aromatic heterocycles.